The minimum atomic E-state index is -0.714. The molecule has 0 saturated heterocycles. The molecule has 49 heavy (non-hydrogen) atoms. The van der Waals surface area contributed by atoms with Gasteiger partial charge in [0.2, 0.25) is 0 Å². The van der Waals surface area contributed by atoms with Gasteiger partial charge in [-0.2, -0.15) is 0 Å². The molecular formula is C38H33Cl2N3O5S. The number of rotatable bonds is 11. The summed E-state index contributed by atoms with van der Waals surface area (Å²) in [5.41, 5.74) is 3.65. The highest BCUT2D eigenvalue weighted by molar-refractivity contribution is 7.07. The molecule has 0 unspecified atom stereocenters. The van der Waals surface area contributed by atoms with Crippen LogP contribution < -0.4 is 34.4 Å². The Labute approximate surface area is 297 Å². The number of allylic oxidation sites excluding steroid dienone is 1. The van der Waals surface area contributed by atoms with E-state index in [0.29, 0.717) is 66.8 Å². The van der Waals surface area contributed by atoms with Crippen LogP contribution in [0.5, 0.6) is 17.2 Å². The largest absolute Gasteiger partial charge is 0.494 e. The van der Waals surface area contributed by atoms with E-state index >= 15 is 0 Å². The van der Waals surface area contributed by atoms with Crippen molar-refractivity contribution in [2.75, 3.05) is 18.5 Å². The number of thiazole rings is 1. The van der Waals surface area contributed by atoms with Crippen LogP contribution in [-0.2, 0) is 11.4 Å². The zero-order valence-electron chi connectivity index (χ0n) is 27.0. The number of carbonyl (C=O) groups excluding carboxylic acids is 1. The maximum Gasteiger partial charge on any atom is 0.271 e. The maximum atomic E-state index is 14.2. The molecule has 0 aliphatic carbocycles. The minimum Gasteiger partial charge on any atom is -0.494 e. The molecule has 0 radical (unpaired) electrons. The number of para-hydroxylation sites is 1. The number of halogens is 2. The van der Waals surface area contributed by atoms with Gasteiger partial charge in [-0.1, -0.05) is 77.0 Å². The first-order valence-corrected chi connectivity index (χ1v) is 17.3. The van der Waals surface area contributed by atoms with E-state index in [1.807, 2.05) is 92.7 Å². The second-order valence-electron chi connectivity index (χ2n) is 11.1. The van der Waals surface area contributed by atoms with Crippen molar-refractivity contribution in [3.8, 4) is 17.2 Å². The molecule has 0 spiro atoms. The summed E-state index contributed by atoms with van der Waals surface area (Å²) in [6.45, 7) is 6.81. The van der Waals surface area contributed by atoms with Crippen LogP contribution in [0.1, 0.15) is 43.5 Å². The van der Waals surface area contributed by atoms with E-state index in [1.165, 1.54) is 11.3 Å². The van der Waals surface area contributed by atoms with E-state index in [0.717, 1.165) is 16.7 Å². The van der Waals surface area contributed by atoms with Crippen LogP contribution in [0.15, 0.2) is 112 Å². The molecule has 250 valence electrons. The van der Waals surface area contributed by atoms with E-state index in [-0.39, 0.29) is 18.1 Å². The number of hydrogen-bond acceptors (Lipinski definition) is 7. The molecule has 1 N–H and O–H groups in total. The van der Waals surface area contributed by atoms with Crippen molar-refractivity contribution in [2.24, 2.45) is 4.99 Å². The minimum absolute atomic E-state index is 0.264. The van der Waals surface area contributed by atoms with E-state index in [9.17, 15) is 9.59 Å². The fourth-order valence-corrected chi connectivity index (χ4v) is 6.87. The molecule has 8 nitrogen and oxygen atoms in total. The summed E-state index contributed by atoms with van der Waals surface area (Å²) in [5.74, 6) is 1.45. The first-order valence-electron chi connectivity index (χ1n) is 15.7. The van der Waals surface area contributed by atoms with Crippen molar-refractivity contribution in [3.63, 3.8) is 0 Å². The van der Waals surface area contributed by atoms with Crippen molar-refractivity contribution in [1.82, 2.24) is 4.57 Å². The van der Waals surface area contributed by atoms with Gasteiger partial charge in [-0.05, 0) is 92.1 Å². The SMILES string of the molecule is CCOc1ccc([C@H]2C(C(=O)Nc3ccccc3)=C(C)N=c3s/c(=C\c4ccc(OCc5ccc(Cl)c(Cl)c5)c(OCC)c4)c(=O)n32)cc1. The van der Waals surface area contributed by atoms with Crippen LogP contribution in [0, 0.1) is 0 Å². The average Bonchev–Trinajstić information content (AvgIpc) is 3.39. The number of ether oxygens (including phenoxy) is 3. The second-order valence-corrected chi connectivity index (χ2v) is 12.9. The van der Waals surface area contributed by atoms with Crippen molar-refractivity contribution in [1.29, 1.82) is 0 Å². The summed E-state index contributed by atoms with van der Waals surface area (Å²) in [6.07, 6.45) is 1.80. The molecular weight excluding hydrogens is 681 g/mol. The average molecular weight is 715 g/mol. The quantitative estimate of drug-likeness (QED) is 0.153. The van der Waals surface area contributed by atoms with Crippen molar-refractivity contribution in [3.05, 3.63) is 149 Å². The predicted octanol–water partition coefficient (Wildman–Crippen LogP) is 7.56. The third-order valence-corrected chi connectivity index (χ3v) is 9.47. The summed E-state index contributed by atoms with van der Waals surface area (Å²) in [7, 11) is 0. The molecule has 6 rings (SSSR count). The Bertz CT molecular complexity index is 2210. The van der Waals surface area contributed by atoms with Gasteiger partial charge >= 0.3 is 0 Å². The molecule has 4 aromatic carbocycles. The summed E-state index contributed by atoms with van der Waals surface area (Å²) in [6, 6.07) is 26.8. The van der Waals surface area contributed by atoms with Crippen molar-refractivity contribution in [2.45, 2.75) is 33.4 Å². The lowest BCUT2D eigenvalue weighted by molar-refractivity contribution is -0.113. The fourth-order valence-electron chi connectivity index (χ4n) is 5.50. The Morgan fingerprint density at radius 2 is 1.65 bits per heavy atom. The molecule has 0 saturated carbocycles. The van der Waals surface area contributed by atoms with Gasteiger partial charge in [-0.15, -0.1) is 0 Å². The number of carbonyl (C=O) groups is 1. The number of nitrogens with one attached hydrogen (secondary N) is 1. The van der Waals surface area contributed by atoms with Gasteiger partial charge in [0.15, 0.2) is 16.3 Å². The lowest BCUT2D eigenvalue weighted by Gasteiger charge is -2.25. The number of anilines is 1. The standard InChI is InChI=1S/C38H33Cl2N3O5S/c1-4-46-28-15-13-26(14-16-28)35-34(36(44)42-27-9-7-6-8-10-27)23(3)41-38-43(35)37(45)33(49-38)21-24-12-18-31(32(20-24)47-5-2)48-22-25-11-17-29(39)30(40)19-25/h6-21,35H,4-5,22H2,1-3H3,(H,42,44)/b33-21-/t35-/m0/s1. The Kier molecular flexibility index (Phi) is 10.5. The monoisotopic (exact) mass is 713 g/mol. The highest BCUT2D eigenvalue weighted by atomic mass is 35.5. The summed E-state index contributed by atoms with van der Waals surface area (Å²) >= 11 is 13.5. The van der Waals surface area contributed by atoms with E-state index in [1.54, 1.807) is 29.7 Å². The predicted molar refractivity (Wildman–Crippen MR) is 195 cm³/mol. The number of nitrogens with zero attached hydrogens (tertiary/aromatic N) is 2. The molecule has 1 aliphatic heterocycles. The third kappa shape index (κ3) is 7.59. The van der Waals surface area contributed by atoms with Gasteiger partial charge in [-0.25, -0.2) is 4.99 Å². The Morgan fingerprint density at radius 1 is 0.898 bits per heavy atom. The Morgan fingerprint density at radius 3 is 2.37 bits per heavy atom. The Balaban J connectivity index is 1.38. The topological polar surface area (TPSA) is 91.2 Å². The van der Waals surface area contributed by atoms with Crippen LogP contribution in [-0.4, -0.2) is 23.7 Å². The molecule has 0 bridgehead atoms. The molecule has 1 aliphatic rings. The number of benzene rings is 4. The highest BCUT2D eigenvalue weighted by Crippen LogP contribution is 2.33. The van der Waals surface area contributed by atoms with Gasteiger partial charge in [0.1, 0.15) is 12.4 Å². The van der Waals surface area contributed by atoms with Crippen LogP contribution >= 0.6 is 34.5 Å². The van der Waals surface area contributed by atoms with Crippen LogP contribution in [0.2, 0.25) is 10.0 Å². The molecule has 11 heteroatoms. The van der Waals surface area contributed by atoms with E-state index < -0.39 is 6.04 Å². The summed E-state index contributed by atoms with van der Waals surface area (Å²) in [4.78, 5) is 33.3. The fraction of sp³-hybridized carbons (Fsp3) is 0.184. The van der Waals surface area contributed by atoms with Gasteiger partial charge < -0.3 is 19.5 Å². The van der Waals surface area contributed by atoms with Crippen molar-refractivity contribution < 1.29 is 19.0 Å². The zero-order valence-corrected chi connectivity index (χ0v) is 29.4. The first kappa shape index (κ1) is 34.0. The molecule has 1 amide bonds. The van der Waals surface area contributed by atoms with Gasteiger partial charge in [0, 0.05) is 5.69 Å². The van der Waals surface area contributed by atoms with Gasteiger partial charge in [0.25, 0.3) is 11.5 Å². The highest BCUT2D eigenvalue weighted by Gasteiger charge is 2.32. The summed E-state index contributed by atoms with van der Waals surface area (Å²) < 4.78 is 19.7. The number of aromatic nitrogens is 1. The molecule has 0 fully saturated rings. The Hall–Kier alpha value is -4.83. The molecule has 5 aromatic rings. The molecule has 1 aromatic heterocycles. The van der Waals surface area contributed by atoms with Crippen molar-refractivity contribution >= 4 is 52.2 Å². The first-order chi connectivity index (χ1) is 23.7. The van der Waals surface area contributed by atoms with E-state index in [2.05, 4.69) is 5.32 Å². The molecule has 2 heterocycles. The van der Waals surface area contributed by atoms with Crippen LogP contribution in [0.4, 0.5) is 5.69 Å². The van der Waals surface area contributed by atoms with Gasteiger partial charge in [-0.3, -0.25) is 14.2 Å². The van der Waals surface area contributed by atoms with Crippen LogP contribution in [0.3, 0.4) is 0 Å². The molecule has 1 atom stereocenters. The summed E-state index contributed by atoms with van der Waals surface area (Å²) in [5, 5.41) is 3.91. The number of fused-ring (bicyclic) bond motifs is 1. The third-order valence-electron chi connectivity index (χ3n) is 7.75. The second kappa shape index (κ2) is 15.2. The normalized spacial score (nSPS) is 14.2. The number of amides is 1. The zero-order chi connectivity index (χ0) is 34.5. The van der Waals surface area contributed by atoms with E-state index in [4.69, 9.17) is 42.4 Å². The maximum absolute atomic E-state index is 14.2. The van der Waals surface area contributed by atoms with Gasteiger partial charge in [0.05, 0.1) is 45.1 Å². The number of hydrogen-bond donors (Lipinski definition) is 1. The van der Waals surface area contributed by atoms with Crippen LogP contribution in [0.25, 0.3) is 6.08 Å². The smallest absolute Gasteiger partial charge is 0.271 e. The lowest BCUT2D eigenvalue weighted by atomic mass is 9.95. The lowest BCUT2D eigenvalue weighted by Crippen LogP contribution is -2.40.